The monoisotopic (exact) mass is 304 g/mol. The van der Waals surface area contributed by atoms with Crippen molar-refractivity contribution in [3.05, 3.63) is 46.1 Å². The van der Waals surface area contributed by atoms with E-state index in [2.05, 4.69) is 11.2 Å². The van der Waals surface area contributed by atoms with Gasteiger partial charge in [0.15, 0.2) is 0 Å². The smallest absolute Gasteiger partial charge is 0.380 e. The summed E-state index contributed by atoms with van der Waals surface area (Å²) >= 11 is 0. The SMILES string of the molecule is Cc1nn(C)c([N+](C)(C)C(=O)Oc2cc[c]cc2)c1[N+](=O)[O-]. The number of hydrogen-bond donors (Lipinski definition) is 0. The number of aryl methyl sites for hydroxylation is 2. The molecule has 0 unspecified atom stereocenters. The zero-order valence-electron chi connectivity index (χ0n) is 12.7. The summed E-state index contributed by atoms with van der Waals surface area (Å²) in [5, 5.41) is 15.3. The molecular formula is C14H16N4O4+. The molecule has 2 rings (SSSR count). The van der Waals surface area contributed by atoms with Crippen LogP contribution in [0.25, 0.3) is 0 Å². The number of hydrogen-bond acceptors (Lipinski definition) is 5. The molecule has 8 nitrogen and oxygen atoms in total. The van der Waals surface area contributed by atoms with Crippen molar-refractivity contribution >= 4 is 17.6 Å². The van der Waals surface area contributed by atoms with Gasteiger partial charge in [0.25, 0.3) is 0 Å². The van der Waals surface area contributed by atoms with Crippen LogP contribution in [-0.2, 0) is 7.05 Å². The molecule has 0 N–H and O–H groups in total. The zero-order chi connectivity index (χ0) is 16.5. The summed E-state index contributed by atoms with van der Waals surface area (Å²) in [6, 6.07) is 9.20. The van der Waals surface area contributed by atoms with Gasteiger partial charge in [-0.25, -0.2) is 4.68 Å². The van der Waals surface area contributed by atoms with E-state index < -0.39 is 15.5 Å². The van der Waals surface area contributed by atoms with Crippen molar-refractivity contribution < 1.29 is 14.5 Å². The van der Waals surface area contributed by atoms with E-state index in [0.717, 1.165) is 0 Å². The van der Waals surface area contributed by atoms with Gasteiger partial charge in [0.2, 0.25) is 0 Å². The third-order valence-electron chi connectivity index (χ3n) is 3.22. The van der Waals surface area contributed by atoms with Crippen LogP contribution in [0, 0.1) is 23.1 Å². The van der Waals surface area contributed by atoms with Gasteiger partial charge in [0.1, 0.15) is 11.4 Å². The fraction of sp³-hybridized carbons (Fsp3) is 0.286. The first-order chi connectivity index (χ1) is 10.2. The number of ether oxygens (including phenoxy) is 1. The molecule has 22 heavy (non-hydrogen) atoms. The lowest BCUT2D eigenvalue weighted by molar-refractivity contribution is -0.385. The number of nitrogens with zero attached hydrogens (tertiary/aromatic N) is 4. The second kappa shape index (κ2) is 5.57. The molecule has 1 heterocycles. The summed E-state index contributed by atoms with van der Waals surface area (Å²) in [7, 11) is 4.59. The predicted molar refractivity (Wildman–Crippen MR) is 79.5 cm³/mol. The Morgan fingerprint density at radius 1 is 1.41 bits per heavy atom. The van der Waals surface area contributed by atoms with Crippen LogP contribution in [0.5, 0.6) is 5.75 Å². The van der Waals surface area contributed by atoms with Crippen LogP contribution in [-0.4, -0.2) is 34.9 Å². The highest BCUT2D eigenvalue weighted by molar-refractivity contribution is 5.85. The molecule has 0 spiro atoms. The minimum atomic E-state index is -0.655. The predicted octanol–water partition coefficient (Wildman–Crippen LogP) is 2.20. The van der Waals surface area contributed by atoms with E-state index in [1.807, 2.05) is 0 Å². The van der Waals surface area contributed by atoms with Crippen molar-refractivity contribution in [3.63, 3.8) is 0 Å². The van der Waals surface area contributed by atoms with Gasteiger partial charge in [-0.3, -0.25) is 10.1 Å². The lowest BCUT2D eigenvalue weighted by Gasteiger charge is -2.23. The first kappa shape index (κ1) is 15.6. The van der Waals surface area contributed by atoms with E-state index in [-0.39, 0.29) is 17.2 Å². The fourth-order valence-corrected chi connectivity index (χ4v) is 2.22. The van der Waals surface area contributed by atoms with Gasteiger partial charge in [-0.15, -0.1) is 0 Å². The Hall–Kier alpha value is -2.74. The second-order valence-corrected chi connectivity index (χ2v) is 5.20. The summed E-state index contributed by atoms with van der Waals surface area (Å²) in [6.45, 7) is 1.53. The number of benzene rings is 1. The average Bonchev–Trinajstić information content (AvgIpc) is 2.75. The number of rotatable bonds is 3. The minimum Gasteiger partial charge on any atom is -0.380 e. The zero-order valence-corrected chi connectivity index (χ0v) is 12.7. The Labute approximate surface area is 127 Å². The molecule has 1 radical (unpaired) electrons. The van der Waals surface area contributed by atoms with Crippen LogP contribution in [0.4, 0.5) is 16.3 Å². The quantitative estimate of drug-likeness (QED) is 0.493. The van der Waals surface area contributed by atoms with Crippen LogP contribution in [0.3, 0.4) is 0 Å². The topological polar surface area (TPSA) is 87.3 Å². The lowest BCUT2D eigenvalue weighted by atomic mass is 10.3. The molecule has 0 bridgehead atoms. The normalized spacial score (nSPS) is 11.3. The Morgan fingerprint density at radius 3 is 2.55 bits per heavy atom. The largest absolute Gasteiger partial charge is 0.527 e. The Morgan fingerprint density at radius 2 is 2.00 bits per heavy atom. The maximum Gasteiger partial charge on any atom is 0.527 e. The maximum absolute atomic E-state index is 12.4. The maximum atomic E-state index is 12.4. The third kappa shape index (κ3) is 2.68. The Balaban J connectivity index is 2.42. The average molecular weight is 304 g/mol. The van der Waals surface area contributed by atoms with Gasteiger partial charge in [-0.1, -0.05) is 12.1 Å². The molecule has 1 amide bonds. The van der Waals surface area contributed by atoms with E-state index in [9.17, 15) is 14.9 Å². The van der Waals surface area contributed by atoms with Crippen molar-refractivity contribution in [1.29, 1.82) is 0 Å². The molecule has 0 aliphatic carbocycles. The molecule has 1 aromatic heterocycles. The van der Waals surface area contributed by atoms with Crippen LogP contribution >= 0.6 is 0 Å². The number of amides is 1. The van der Waals surface area contributed by atoms with Crippen LogP contribution in [0.1, 0.15) is 5.69 Å². The number of carbonyl (C=O) groups is 1. The van der Waals surface area contributed by atoms with Crippen LogP contribution < -0.4 is 9.22 Å². The van der Waals surface area contributed by atoms with E-state index in [4.69, 9.17) is 4.74 Å². The van der Waals surface area contributed by atoms with Crippen molar-refractivity contribution in [1.82, 2.24) is 14.3 Å². The Kier molecular flexibility index (Phi) is 3.96. The summed E-state index contributed by atoms with van der Waals surface area (Å²) in [4.78, 5) is 23.2. The van der Waals surface area contributed by atoms with Gasteiger partial charge in [-0.2, -0.15) is 14.4 Å². The molecule has 0 aliphatic heterocycles. The first-order valence-electron chi connectivity index (χ1n) is 6.46. The van der Waals surface area contributed by atoms with E-state index >= 15 is 0 Å². The highest BCUT2D eigenvalue weighted by Crippen LogP contribution is 2.34. The van der Waals surface area contributed by atoms with E-state index in [1.54, 1.807) is 31.3 Å². The number of carbonyl (C=O) groups excluding carboxylic acids is 1. The molecule has 0 aliphatic rings. The molecule has 2 aromatic rings. The Bertz CT molecular complexity index is 722. The van der Waals surface area contributed by atoms with Gasteiger partial charge >= 0.3 is 17.6 Å². The third-order valence-corrected chi connectivity index (χ3v) is 3.22. The summed E-state index contributed by atoms with van der Waals surface area (Å²) in [5.41, 5.74) is 0.0571. The standard InChI is InChI=1S/C14H16N4O4/c1-10-12(17(20)21)13(16(2)15-10)18(3,4)14(19)22-11-8-6-5-7-9-11/h6-9H,1-4H3/q+1. The first-order valence-corrected chi connectivity index (χ1v) is 6.46. The minimum absolute atomic E-state index is 0.148. The highest BCUT2D eigenvalue weighted by atomic mass is 16.6. The summed E-state index contributed by atoms with van der Waals surface area (Å²) in [6.07, 6.45) is -0.655. The number of quaternary nitrogens is 1. The highest BCUT2D eigenvalue weighted by Gasteiger charge is 2.44. The van der Waals surface area contributed by atoms with Crippen molar-refractivity contribution in [2.24, 2.45) is 7.05 Å². The summed E-state index contributed by atoms with van der Waals surface area (Å²) < 4.78 is 6.14. The van der Waals surface area contributed by atoms with Crippen molar-refractivity contribution in [2.45, 2.75) is 6.92 Å². The lowest BCUT2D eigenvalue weighted by Crippen LogP contribution is -2.49. The molecular weight excluding hydrogens is 288 g/mol. The number of aromatic nitrogens is 2. The van der Waals surface area contributed by atoms with Crippen molar-refractivity contribution in [2.75, 3.05) is 14.1 Å². The molecule has 115 valence electrons. The molecule has 0 saturated carbocycles. The number of nitro groups is 1. The fourth-order valence-electron chi connectivity index (χ4n) is 2.22. The van der Waals surface area contributed by atoms with E-state index in [1.165, 1.54) is 25.7 Å². The van der Waals surface area contributed by atoms with Crippen LogP contribution in [0.2, 0.25) is 0 Å². The molecule has 8 heteroatoms. The van der Waals surface area contributed by atoms with Gasteiger partial charge in [-0.05, 0) is 25.1 Å². The molecule has 0 saturated heterocycles. The van der Waals surface area contributed by atoms with Gasteiger partial charge in [0.05, 0.1) is 19.0 Å². The van der Waals surface area contributed by atoms with Gasteiger partial charge < -0.3 is 4.74 Å². The van der Waals surface area contributed by atoms with Crippen molar-refractivity contribution in [3.8, 4) is 5.75 Å². The second-order valence-electron chi connectivity index (χ2n) is 5.20. The molecule has 1 aromatic carbocycles. The molecule has 0 fully saturated rings. The van der Waals surface area contributed by atoms with Crippen LogP contribution in [0.15, 0.2) is 24.3 Å². The summed E-state index contributed by atoms with van der Waals surface area (Å²) in [5.74, 6) is 0.492. The molecule has 0 atom stereocenters. The van der Waals surface area contributed by atoms with Gasteiger partial charge in [0, 0.05) is 7.05 Å². The van der Waals surface area contributed by atoms with E-state index in [0.29, 0.717) is 5.75 Å².